The number of hydrogen-bond donors (Lipinski definition) is 0. The molecule has 1 aliphatic heterocycles. The van der Waals surface area contributed by atoms with Gasteiger partial charge in [0.1, 0.15) is 17.6 Å². The number of rotatable bonds is 13. The molecule has 2 atom stereocenters. The molecule has 0 fully saturated rings. The maximum absolute atomic E-state index is 13.0. The predicted molar refractivity (Wildman–Crippen MR) is 110 cm³/mol. The molecule has 1 heterocycles. The Labute approximate surface area is 164 Å². The van der Waals surface area contributed by atoms with Crippen molar-refractivity contribution in [1.82, 2.24) is 0 Å². The summed E-state index contributed by atoms with van der Waals surface area (Å²) in [4.78, 5) is 25.3. The lowest BCUT2D eigenvalue weighted by molar-refractivity contribution is -0.119. The van der Waals surface area contributed by atoms with Crippen molar-refractivity contribution in [1.29, 1.82) is 0 Å². The van der Waals surface area contributed by atoms with E-state index in [9.17, 15) is 9.59 Å². The van der Waals surface area contributed by atoms with Gasteiger partial charge >= 0.3 is 0 Å². The second-order valence-corrected chi connectivity index (χ2v) is 7.86. The standard InChI is InChI=1S/C24H36O3/c1-3-5-7-9-13-19(25)17-18-21-23(15-10-8-6-4-2)27-22-16-12-11-14-20(22)24(21)26/h11-12,14,16,21,23H,3-10,13,15,17-18H2,1-2H3. The van der Waals surface area contributed by atoms with Crippen molar-refractivity contribution >= 4 is 11.6 Å². The van der Waals surface area contributed by atoms with Crippen molar-refractivity contribution < 1.29 is 14.3 Å². The maximum Gasteiger partial charge on any atom is 0.173 e. The van der Waals surface area contributed by atoms with Gasteiger partial charge < -0.3 is 4.74 Å². The highest BCUT2D eigenvalue weighted by atomic mass is 16.5. The van der Waals surface area contributed by atoms with Crippen LogP contribution in [0.4, 0.5) is 0 Å². The van der Waals surface area contributed by atoms with Gasteiger partial charge in [0.05, 0.1) is 11.5 Å². The molecule has 0 bridgehead atoms. The highest BCUT2D eigenvalue weighted by Gasteiger charge is 2.36. The van der Waals surface area contributed by atoms with Crippen LogP contribution in [0.5, 0.6) is 5.75 Å². The lowest BCUT2D eigenvalue weighted by Crippen LogP contribution is -2.38. The number of fused-ring (bicyclic) bond motifs is 1. The molecule has 3 heteroatoms. The van der Waals surface area contributed by atoms with Crippen LogP contribution in [0, 0.1) is 5.92 Å². The fourth-order valence-corrected chi connectivity index (χ4v) is 3.93. The number of unbranched alkanes of at least 4 members (excludes halogenated alkanes) is 6. The molecule has 0 saturated carbocycles. The molecule has 3 nitrogen and oxygen atoms in total. The lowest BCUT2D eigenvalue weighted by atomic mass is 9.83. The van der Waals surface area contributed by atoms with Crippen LogP contribution in [0.2, 0.25) is 0 Å². The average Bonchev–Trinajstić information content (AvgIpc) is 2.68. The summed E-state index contributed by atoms with van der Waals surface area (Å²) in [6, 6.07) is 7.55. The smallest absolute Gasteiger partial charge is 0.173 e. The van der Waals surface area contributed by atoms with E-state index in [2.05, 4.69) is 13.8 Å². The zero-order valence-electron chi connectivity index (χ0n) is 17.2. The summed E-state index contributed by atoms with van der Waals surface area (Å²) < 4.78 is 6.21. The van der Waals surface area contributed by atoms with Crippen LogP contribution in [0.3, 0.4) is 0 Å². The summed E-state index contributed by atoms with van der Waals surface area (Å²) in [5.41, 5.74) is 0.683. The van der Waals surface area contributed by atoms with E-state index < -0.39 is 0 Å². The number of hydrogen-bond acceptors (Lipinski definition) is 3. The molecule has 0 aliphatic carbocycles. The van der Waals surface area contributed by atoms with Crippen LogP contribution in [0.1, 0.15) is 101 Å². The zero-order chi connectivity index (χ0) is 19.5. The van der Waals surface area contributed by atoms with Gasteiger partial charge in [-0.15, -0.1) is 0 Å². The van der Waals surface area contributed by atoms with Crippen molar-refractivity contribution in [2.75, 3.05) is 0 Å². The highest BCUT2D eigenvalue weighted by Crippen LogP contribution is 2.35. The molecule has 0 spiro atoms. The Bertz CT molecular complexity index is 593. The number of carbonyl (C=O) groups is 2. The molecule has 150 valence electrons. The summed E-state index contributed by atoms with van der Waals surface area (Å²) in [6.07, 6.45) is 11.7. The van der Waals surface area contributed by atoms with E-state index in [4.69, 9.17) is 4.74 Å². The number of ether oxygens (including phenoxy) is 1. The molecule has 0 aromatic heterocycles. The number of Topliss-reactive ketones (excluding diaryl/α,β-unsaturated/α-hetero) is 2. The van der Waals surface area contributed by atoms with Crippen LogP contribution < -0.4 is 4.74 Å². The lowest BCUT2D eigenvalue weighted by Gasteiger charge is -2.32. The first-order chi connectivity index (χ1) is 13.2. The van der Waals surface area contributed by atoms with Gasteiger partial charge in [0.15, 0.2) is 5.78 Å². The molecular formula is C24H36O3. The Morgan fingerprint density at radius 3 is 2.33 bits per heavy atom. The van der Waals surface area contributed by atoms with Crippen molar-refractivity contribution in [3.8, 4) is 5.75 Å². The third-order valence-electron chi connectivity index (χ3n) is 5.60. The quantitative estimate of drug-likeness (QED) is 0.369. The minimum absolute atomic E-state index is 0.0860. The second kappa shape index (κ2) is 11.9. The molecule has 2 unspecified atom stereocenters. The SMILES string of the molecule is CCCCCCC(=O)CCC1C(=O)c2ccccc2OC1CCCCCC. The molecule has 0 saturated heterocycles. The van der Waals surface area contributed by atoms with Gasteiger partial charge in [-0.2, -0.15) is 0 Å². The third kappa shape index (κ3) is 6.79. The Kier molecular flexibility index (Phi) is 9.58. The van der Waals surface area contributed by atoms with Gasteiger partial charge in [-0.3, -0.25) is 9.59 Å². The average molecular weight is 373 g/mol. The molecule has 1 aromatic carbocycles. The van der Waals surface area contributed by atoms with Crippen LogP contribution >= 0.6 is 0 Å². The van der Waals surface area contributed by atoms with Crippen LogP contribution in [-0.4, -0.2) is 17.7 Å². The highest BCUT2D eigenvalue weighted by molar-refractivity contribution is 6.01. The fraction of sp³-hybridized carbons (Fsp3) is 0.667. The normalized spacial score (nSPS) is 18.8. The molecule has 0 radical (unpaired) electrons. The molecule has 1 aromatic rings. The molecular weight excluding hydrogens is 336 g/mol. The Morgan fingerprint density at radius 2 is 1.59 bits per heavy atom. The van der Waals surface area contributed by atoms with E-state index >= 15 is 0 Å². The number of benzene rings is 1. The Morgan fingerprint density at radius 1 is 0.889 bits per heavy atom. The van der Waals surface area contributed by atoms with Crippen LogP contribution in [0.15, 0.2) is 24.3 Å². The van der Waals surface area contributed by atoms with Gasteiger partial charge in [-0.1, -0.05) is 64.5 Å². The zero-order valence-corrected chi connectivity index (χ0v) is 17.2. The molecule has 1 aliphatic rings. The minimum atomic E-state index is -0.180. The number of para-hydroxylation sites is 1. The van der Waals surface area contributed by atoms with Gasteiger partial charge in [0, 0.05) is 12.8 Å². The third-order valence-corrected chi connectivity index (χ3v) is 5.60. The number of carbonyl (C=O) groups excluding carboxylic acids is 2. The summed E-state index contributed by atoms with van der Waals surface area (Å²) in [6.45, 7) is 4.38. The second-order valence-electron chi connectivity index (χ2n) is 7.86. The molecule has 0 N–H and O–H groups in total. The first-order valence-electron chi connectivity index (χ1n) is 11.0. The Balaban J connectivity index is 1.94. The minimum Gasteiger partial charge on any atom is -0.489 e. The largest absolute Gasteiger partial charge is 0.489 e. The molecule has 27 heavy (non-hydrogen) atoms. The maximum atomic E-state index is 13.0. The Hall–Kier alpha value is -1.64. The monoisotopic (exact) mass is 372 g/mol. The topological polar surface area (TPSA) is 43.4 Å². The summed E-state index contributed by atoms with van der Waals surface area (Å²) >= 11 is 0. The van der Waals surface area contributed by atoms with Crippen LogP contribution in [-0.2, 0) is 4.79 Å². The first-order valence-corrected chi connectivity index (χ1v) is 11.0. The van der Waals surface area contributed by atoms with Gasteiger partial charge in [-0.05, 0) is 37.8 Å². The van der Waals surface area contributed by atoms with E-state index in [0.717, 1.165) is 25.7 Å². The summed E-state index contributed by atoms with van der Waals surface area (Å²) in [5, 5.41) is 0. The van der Waals surface area contributed by atoms with E-state index in [-0.39, 0.29) is 17.8 Å². The predicted octanol–water partition coefficient (Wildman–Crippen LogP) is 6.54. The first kappa shape index (κ1) is 21.7. The number of ketones is 2. The van der Waals surface area contributed by atoms with Crippen molar-refractivity contribution in [2.45, 2.75) is 97.0 Å². The van der Waals surface area contributed by atoms with E-state index in [0.29, 0.717) is 36.4 Å². The molecule has 2 rings (SSSR count). The van der Waals surface area contributed by atoms with E-state index in [1.54, 1.807) is 0 Å². The van der Waals surface area contributed by atoms with Gasteiger partial charge in [0.25, 0.3) is 0 Å². The van der Waals surface area contributed by atoms with Crippen molar-refractivity contribution in [3.63, 3.8) is 0 Å². The van der Waals surface area contributed by atoms with E-state index in [1.165, 1.54) is 32.1 Å². The summed E-state index contributed by atoms with van der Waals surface area (Å²) in [5.74, 6) is 0.991. The molecule has 0 amide bonds. The van der Waals surface area contributed by atoms with Crippen molar-refractivity contribution in [3.05, 3.63) is 29.8 Å². The van der Waals surface area contributed by atoms with Crippen molar-refractivity contribution in [2.24, 2.45) is 5.92 Å². The fourth-order valence-electron chi connectivity index (χ4n) is 3.93. The van der Waals surface area contributed by atoms with Gasteiger partial charge in [0.2, 0.25) is 0 Å². The van der Waals surface area contributed by atoms with Gasteiger partial charge in [-0.25, -0.2) is 0 Å². The van der Waals surface area contributed by atoms with Crippen LogP contribution in [0.25, 0.3) is 0 Å². The summed E-state index contributed by atoms with van der Waals surface area (Å²) in [7, 11) is 0. The van der Waals surface area contributed by atoms with E-state index in [1.807, 2.05) is 24.3 Å².